The Hall–Kier alpha value is -2.44. The summed E-state index contributed by atoms with van der Waals surface area (Å²) in [7, 11) is 0. The third-order valence-corrected chi connectivity index (χ3v) is 3.55. The maximum atomic E-state index is 12.5. The highest BCUT2D eigenvalue weighted by Gasteiger charge is 2.30. The number of pyridine rings is 1. The number of hydrazine groups is 1. The van der Waals surface area contributed by atoms with Gasteiger partial charge in [0.1, 0.15) is 11.6 Å². The maximum absolute atomic E-state index is 12.5. The van der Waals surface area contributed by atoms with Crippen LogP contribution in [0.25, 0.3) is 0 Å². The summed E-state index contributed by atoms with van der Waals surface area (Å²) in [5.74, 6) is 1.08. The molecule has 0 atom stereocenters. The van der Waals surface area contributed by atoms with Gasteiger partial charge in [-0.05, 0) is 42.8 Å². The lowest BCUT2D eigenvalue weighted by Gasteiger charge is -2.11. The normalized spacial score (nSPS) is 11.2. The van der Waals surface area contributed by atoms with Crippen LogP contribution in [0.4, 0.5) is 24.7 Å². The lowest BCUT2D eigenvalue weighted by atomic mass is 10.2. The second kappa shape index (κ2) is 9.15. The van der Waals surface area contributed by atoms with Crippen molar-refractivity contribution in [1.82, 2.24) is 4.98 Å². The highest BCUT2D eigenvalue weighted by Crippen LogP contribution is 2.28. The van der Waals surface area contributed by atoms with Crippen LogP contribution in [0.2, 0.25) is 0 Å². The van der Waals surface area contributed by atoms with Crippen molar-refractivity contribution in [3.8, 4) is 5.75 Å². The van der Waals surface area contributed by atoms with Crippen molar-refractivity contribution in [1.29, 1.82) is 0 Å². The summed E-state index contributed by atoms with van der Waals surface area (Å²) in [5, 5.41) is 0. The van der Waals surface area contributed by atoms with E-state index in [9.17, 15) is 13.2 Å². The Kier molecular flexibility index (Phi) is 6.91. The number of nitrogens with zero attached hydrogens (tertiary/aromatic N) is 1. The summed E-state index contributed by atoms with van der Waals surface area (Å²) < 4.78 is 43.1. The van der Waals surface area contributed by atoms with Gasteiger partial charge < -0.3 is 4.74 Å². The number of aromatic nitrogens is 1. The van der Waals surface area contributed by atoms with Crippen molar-refractivity contribution in [3.63, 3.8) is 0 Å². The number of rotatable bonds is 9. The van der Waals surface area contributed by atoms with Gasteiger partial charge in [-0.1, -0.05) is 26.2 Å². The molecule has 136 valence electrons. The van der Waals surface area contributed by atoms with Crippen molar-refractivity contribution in [2.24, 2.45) is 0 Å². The Morgan fingerprint density at radius 2 is 1.72 bits per heavy atom. The summed E-state index contributed by atoms with van der Waals surface area (Å²) in [5.41, 5.74) is 5.61. The van der Waals surface area contributed by atoms with E-state index >= 15 is 0 Å². The van der Waals surface area contributed by atoms with Crippen LogP contribution >= 0.6 is 0 Å². The first-order valence-electron chi connectivity index (χ1n) is 8.27. The van der Waals surface area contributed by atoms with E-state index in [1.165, 1.54) is 25.3 Å². The molecule has 0 amide bonds. The number of alkyl halides is 3. The number of nitrogens with one attached hydrogen (secondary N) is 2. The summed E-state index contributed by atoms with van der Waals surface area (Å²) in [4.78, 5) is 3.72. The highest BCUT2D eigenvalue weighted by atomic mass is 19.4. The van der Waals surface area contributed by atoms with Gasteiger partial charge in [0, 0.05) is 6.20 Å². The van der Waals surface area contributed by atoms with E-state index in [1.807, 2.05) is 24.3 Å². The van der Waals surface area contributed by atoms with Crippen LogP contribution in [0.3, 0.4) is 0 Å². The Balaban J connectivity index is 1.77. The van der Waals surface area contributed by atoms with Gasteiger partial charge in [-0.2, -0.15) is 13.2 Å². The fourth-order valence-electron chi connectivity index (χ4n) is 2.13. The average Bonchev–Trinajstić information content (AvgIpc) is 2.60. The number of ether oxygens (including phenoxy) is 1. The van der Waals surface area contributed by atoms with Crippen LogP contribution < -0.4 is 15.6 Å². The van der Waals surface area contributed by atoms with Gasteiger partial charge in [0.15, 0.2) is 0 Å². The molecule has 0 bridgehead atoms. The molecule has 2 N–H and O–H groups in total. The molecule has 0 radical (unpaired) electrons. The first-order valence-corrected chi connectivity index (χ1v) is 8.27. The molecule has 2 aromatic rings. The number of unbranched alkanes of at least 4 members (excludes halogenated alkanes) is 3. The molecule has 0 saturated heterocycles. The van der Waals surface area contributed by atoms with E-state index in [4.69, 9.17) is 4.74 Å². The lowest BCUT2D eigenvalue weighted by Crippen LogP contribution is -2.11. The summed E-state index contributed by atoms with van der Waals surface area (Å²) in [6.07, 6.45) is 1.02. The molecule has 25 heavy (non-hydrogen) atoms. The predicted octanol–water partition coefficient (Wildman–Crippen LogP) is 5.50. The van der Waals surface area contributed by atoms with Crippen LogP contribution in [0.15, 0.2) is 42.6 Å². The Labute approximate surface area is 145 Å². The highest BCUT2D eigenvalue weighted by molar-refractivity contribution is 5.51. The number of benzene rings is 1. The third-order valence-electron chi connectivity index (χ3n) is 3.55. The standard InChI is InChI=1S/C18H22F3N3O/c1-2-3-4-5-12-25-16-9-7-15(8-10-16)23-24-17-11-6-14(13-22-17)18(19,20)21/h6-11,13,23H,2-5,12H2,1H3,(H,22,24). The summed E-state index contributed by atoms with van der Waals surface area (Å²) >= 11 is 0. The van der Waals surface area contributed by atoms with Crippen LogP contribution in [0.1, 0.15) is 38.2 Å². The van der Waals surface area contributed by atoms with Crippen LogP contribution in [-0.2, 0) is 6.18 Å². The summed E-state index contributed by atoms with van der Waals surface area (Å²) in [6, 6.07) is 9.56. The zero-order chi connectivity index (χ0) is 18.1. The van der Waals surface area contributed by atoms with Crippen LogP contribution in [-0.4, -0.2) is 11.6 Å². The zero-order valence-corrected chi connectivity index (χ0v) is 14.1. The molecule has 0 fully saturated rings. The second-order valence-electron chi connectivity index (χ2n) is 5.61. The third kappa shape index (κ3) is 6.52. The molecule has 4 nitrogen and oxygen atoms in total. The molecular formula is C18H22F3N3O. The van der Waals surface area contributed by atoms with Gasteiger partial charge in [-0.15, -0.1) is 0 Å². The van der Waals surface area contributed by atoms with Gasteiger partial charge >= 0.3 is 6.18 Å². The minimum absolute atomic E-state index is 0.296. The average molecular weight is 353 g/mol. The van der Waals surface area contributed by atoms with Gasteiger partial charge in [0.25, 0.3) is 0 Å². The smallest absolute Gasteiger partial charge is 0.417 e. The predicted molar refractivity (Wildman–Crippen MR) is 92.6 cm³/mol. The van der Waals surface area contributed by atoms with Crippen molar-refractivity contribution in [2.45, 2.75) is 38.8 Å². The summed E-state index contributed by atoms with van der Waals surface area (Å²) in [6.45, 7) is 2.86. The molecule has 0 spiro atoms. The molecular weight excluding hydrogens is 331 g/mol. The minimum Gasteiger partial charge on any atom is -0.494 e. The Bertz CT molecular complexity index is 628. The maximum Gasteiger partial charge on any atom is 0.417 e. The number of anilines is 2. The fourth-order valence-corrected chi connectivity index (χ4v) is 2.13. The van der Waals surface area contributed by atoms with Crippen LogP contribution in [0.5, 0.6) is 5.75 Å². The molecule has 0 aliphatic carbocycles. The minimum atomic E-state index is -4.38. The van der Waals surface area contributed by atoms with E-state index in [0.717, 1.165) is 30.1 Å². The van der Waals surface area contributed by atoms with E-state index in [1.54, 1.807) is 0 Å². The number of hydrogen-bond donors (Lipinski definition) is 2. The first-order chi connectivity index (χ1) is 12.0. The number of halogens is 3. The van der Waals surface area contributed by atoms with Gasteiger partial charge in [-0.3, -0.25) is 10.9 Å². The Morgan fingerprint density at radius 3 is 2.32 bits per heavy atom. The fraction of sp³-hybridized carbons (Fsp3) is 0.389. The van der Waals surface area contributed by atoms with Gasteiger partial charge in [0.05, 0.1) is 17.9 Å². The number of hydrogen-bond acceptors (Lipinski definition) is 4. The quantitative estimate of drug-likeness (QED) is 0.462. The van der Waals surface area contributed by atoms with E-state index < -0.39 is 11.7 Å². The Morgan fingerprint density at radius 1 is 0.960 bits per heavy atom. The van der Waals surface area contributed by atoms with E-state index in [-0.39, 0.29) is 0 Å². The lowest BCUT2D eigenvalue weighted by molar-refractivity contribution is -0.137. The first kappa shape index (κ1) is 18.9. The molecule has 0 aliphatic rings. The molecule has 1 aromatic carbocycles. The largest absolute Gasteiger partial charge is 0.494 e. The van der Waals surface area contributed by atoms with Crippen molar-refractivity contribution in [2.75, 3.05) is 17.5 Å². The van der Waals surface area contributed by atoms with Gasteiger partial charge in [-0.25, -0.2) is 4.98 Å². The SMILES string of the molecule is CCCCCCOc1ccc(NNc2ccc(C(F)(F)F)cn2)cc1. The molecule has 0 aliphatic heterocycles. The van der Waals surface area contributed by atoms with Crippen molar-refractivity contribution < 1.29 is 17.9 Å². The molecule has 1 heterocycles. The second-order valence-corrected chi connectivity index (χ2v) is 5.61. The molecule has 7 heteroatoms. The topological polar surface area (TPSA) is 46.2 Å². The zero-order valence-electron chi connectivity index (χ0n) is 14.1. The monoisotopic (exact) mass is 353 g/mol. The molecule has 0 saturated carbocycles. The van der Waals surface area contributed by atoms with Crippen molar-refractivity contribution in [3.05, 3.63) is 48.2 Å². The van der Waals surface area contributed by atoms with Crippen molar-refractivity contribution >= 4 is 11.5 Å². The van der Waals surface area contributed by atoms with Gasteiger partial charge in [0.2, 0.25) is 0 Å². The molecule has 2 rings (SSSR count). The van der Waals surface area contributed by atoms with E-state index in [2.05, 4.69) is 22.8 Å². The van der Waals surface area contributed by atoms with E-state index in [0.29, 0.717) is 12.4 Å². The molecule has 0 unspecified atom stereocenters. The van der Waals surface area contributed by atoms with Crippen LogP contribution in [0, 0.1) is 0 Å². The molecule has 1 aromatic heterocycles.